The zero-order chi connectivity index (χ0) is 12.2. The molecule has 1 rings (SSSR count). The molecular weight excluding hydrogens is 196 g/mol. The molecule has 1 heterocycles. The molecule has 0 radical (unpaired) electrons. The smallest absolute Gasteiger partial charge is 0.108 e. The second-order valence-corrected chi connectivity index (χ2v) is 5.18. The van der Waals surface area contributed by atoms with E-state index in [0.29, 0.717) is 0 Å². The summed E-state index contributed by atoms with van der Waals surface area (Å²) in [7, 11) is 0. The maximum Gasteiger partial charge on any atom is 0.108 e. The number of nitrogens with zero attached hydrogens (tertiary/aromatic N) is 2. The molecule has 0 atom stereocenters. The van der Waals surface area contributed by atoms with Crippen LogP contribution in [0.2, 0.25) is 0 Å². The Morgan fingerprint density at radius 3 is 2.38 bits per heavy atom. The molecular formula is C14H24N2. The Balaban J connectivity index is 2.89. The molecule has 2 heteroatoms. The van der Waals surface area contributed by atoms with Crippen molar-refractivity contribution in [2.75, 3.05) is 13.1 Å². The number of amidine groups is 1. The molecule has 0 unspecified atom stereocenters. The molecule has 0 saturated heterocycles. The number of aliphatic imine (C=N–C) groups is 1. The quantitative estimate of drug-likeness (QED) is 0.694. The molecule has 16 heavy (non-hydrogen) atoms. The molecule has 0 saturated carbocycles. The highest BCUT2D eigenvalue weighted by atomic mass is 15.2. The zero-order valence-corrected chi connectivity index (χ0v) is 11.2. The van der Waals surface area contributed by atoms with Crippen LogP contribution >= 0.6 is 0 Å². The van der Waals surface area contributed by atoms with E-state index >= 15 is 0 Å². The Morgan fingerprint density at radius 2 is 1.88 bits per heavy atom. The molecule has 0 aromatic carbocycles. The van der Waals surface area contributed by atoms with Gasteiger partial charge in [0.2, 0.25) is 0 Å². The molecule has 1 aliphatic rings. The lowest BCUT2D eigenvalue weighted by atomic mass is 9.84. The van der Waals surface area contributed by atoms with Crippen LogP contribution < -0.4 is 0 Å². The predicted molar refractivity (Wildman–Crippen MR) is 71.7 cm³/mol. The number of allylic oxidation sites excluding steroid dienone is 2. The highest BCUT2D eigenvalue weighted by molar-refractivity contribution is 5.85. The molecule has 0 spiro atoms. The van der Waals surface area contributed by atoms with Gasteiger partial charge < -0.3 is 4.90 Å². The van der Waals surface area contributed by atoms with Crippen molar-refractivity contribution in [3.8, 4) is 0 Å². The first-order chi connectivity index (χ1) is 7.49. The second kappa shape index (κ2) is 5.33. The van der Waals surface area contributed by atoms with Crippen LogP contribution in [0, 0.1) is 5.41 Å². The molecule has 2 nitrogen and oxygen atoms in total. The van der Waals surface area contributed by atoms with Gasteiger partial charge in [-0.1, -0.05) is 32.4 Å². The van der Waals surface area contributed by atoms with E-state index in [1.165, 1.54) is 11.4 Å². The Kier molecular flexibility index (Phi) is 4.34. The van der Waals surface area contributed by atoms with Crippen LogP contribution in [-0.2, 0) is 0 Å². The highest BCUT2D eigenvalue weighted by Gasteiger charge is 2.20. The summed E-state index contributed by atoms with van der Waals surface area (Å²) in [5, 5.41) is 0. The van der Waals surface area contributed by atoms with Crippen molar-refractivity contribution in [2.45, 2.75) is 41.0 Å². The largest absolute Gasteiger partial charge is 0.360 e. The summed E-state index contributed by atoms with van der Waals surface area (Å²) in [4.78, 5) is 6.87. The van der Waals surface area contributed by atoms with Crippen molar-refractivity contribution >= 4 is 5.84 Å². The molecule has 0 aliphatic carbocycles. The third-order valence-electron chi connectivity index (χ3n) is 3.05. The van der Waals surface area contributed by atoms with Crippen molar-refractivity contribution in [2.24, 2.45) is 10.4 Å². The van der Waals surface area contributed by atoms with Crippen molar-refractivity contribution in [1.29, 1.82) is 0 Å². The Labute approximate surface area is 99.8 Å². The van der Waals surface area contributed by atoms with Gasteiger partial charge in [0, 0.05) is 25.7 Å². The first-order valence-electron chi connectivity index (χ1n) is 6.16. The summed E-state index contributed by atoms with van der Waals surface area (Å²) in [5.74, 6) is 1.19. The normalized spacial score (nSPS) is 16.6. The summed E-state index contributed by atoms with van der Waals surface area (Å²) in [6, 6.07) is 0. The fourth-order valence-electron chi connectivity index (χ4n) is 1.86. The standard InChI is InChI=1S/C14H24N2/c1-6-16(7-2)13-11-12(14(3,4)5)9-8-10-15-13/h8-10H,6-7,11H2,1-5H3. The molecule has 0 bridgehead atoms. The fourth-order valence-corrected chi connectivity index (χ4v) is 1.86. The lowest BCUT2D eigenvalue weighted by Crippen LogP contribution is -2.31. The van der Waals surface area contributed by atoms with E-state index in [0.717, 1.165) is 19.5 Å². The van der Waals surface area contributed by atoms with Crippen LogP contribution in [0.1, 0.15) is 41.0 Å². The third-order valence-corrected chi connectivity index (χ3v) is 3.05. The number of hydrogen-bond acceptors (Lipinski definition) is 2. The van der Waals surface area contributed by atoms with Crippen molar-refractivity contribution in [3.05, 3.63) is 23.9 Å². The zero-order valence-electron chi connectivity index (χ0n) is 11.2. The Hall–Kier alpha value is -1.05. The van der Waals surface area contributed by atoms with Gasteiger partial charge in [0.25, 0.3) is 0 Å². The van der Waals surface area contributed by atoms with E-state index < -0.39 is 0 Å². The SMILES string of the molecule is CCN(CC)C1=NC=CC=C(C(C)(C)C)C1. The van der Waals surface area contributed by atoms with Crippen molar-refractivity contribution < 1.29 is 0 Å². The lowest BCUT2D eigenvalue weighted by molar-refractivity contribution is 0.444. The van der Waals surface area contributed by atoms with Crippen molar-refractivity contribution in [3.63, 3.8) is 0 Å². The first kappa shape index (κ1) is 13.0. The van der Waals surface area contributed by atoms with Gasteiger partial charge in [0.05, 0.1) is 0 Å². The molecule has 0 aromatic heterocycles. The predicted octanol–water partition coefficient (Wildman–Crippen LogP) is 3.62. The minimum absolute atomic E-state index is 0.225. The number of rotatable bonds is 2. The van der Waals surface area contributed by atoms with Gasteiger partial charge in [-0.15, -0.1) is 0 Å². The lowest BCUT2D eigenvalue weighted by Gasteiger charge is -2.27. The maximum absolute atomic E-state index is 4.54. The maximum atomic E-state index is 4.54. The van der Waals surface area contributed by atoms with E-state index in [1.54, 1.807) is 0 Å². The molecule has 0 N–H and O–H groups in total. The first-order valence-corrected chi connectivity index (χ1v) is 6.16. The van der Waals surface area contributed by atoms with E-state index in [9.17, 15) is 0 Å². The van der Waals surface area contributed by atoms with Gasteiger partial charge in [-0.2, -0.15) is 0 Å². The van der Waals surface area contributed by atoms with Gasteiger partial charge in [-0.05, 0) is 25.3 Å². The third kappa shape index (κ3) is 3.22. The van der Waals surface area contributed by atoms with E-state index in [1.807, 2.05) is 6.20 Å². The van der Waals surface area contributed by atoms with Gasteiger partial charge in [0.1, 0.15) is 5.84 Å². The highest BCUT2D eigenvalue weighted by Crippen LogP contribution is 2.29. The van der Waals surface area contributed by atoms with Gasteiger partial charge >= 0.3 is 0 Å². The van der Waals surface area contributed by atoms with Crippen LogP contribution in [0.5, 0.6) is 0 Å². The molecule has 90 valence electrons. The van der Waals surface area contributed by atoms with Crippen LogP contribution in [0.4, 0.5) is 0 Å². The van der Waals surface area contributed by atoms with E-state index in [-0.39, 0.29) is 5.41 Å². The molecule has 0 aromatic rings. The molecule has 0 fully saturated rings. The van der Waals surface area contributed by atoms with E-state index in [2.05, 4.69) is 56.7 Å². The average molecular weight is 220 g/mol. The van der Waals surface area contributed by atoms with Gasteiger partial charge in [-0.3, -0.25) is 0 Å². The summed E-state index contributed by atoms with van der Waals surface area (Å²) < 4.78 is 0. The van der Waals surface area contributed by atoms with Crippen LogP contribution in [0.3, 0.4) is 0 Å². The summed E-state index contributed by atoms with van der Waals surface area (Å²) >= 11 is 0. The van der Waals surface area contributed by atoms with Gasteiger partial charge in [-0.25, -0.2) is 4.99 Å². The van der Waals surface area contributed by atoms with Crippen LogP contribution in [-0.4, -0.2) is 23.8 Å². The monoisotopic (exact) mass is 220 g/mol. The molecule has 0 amide bonds. The van der Waals surface area contributed by atoms with E-state index in [4.69, 9.17) is 0 Å². The fraction of sp³-hybridized carbons (Fsp3) is 0.643. The Bertz CT molecular complexity index is 312. The molecule has 1 aliphatic heterocycles. The second-order valence-electron chi connectivity index (χ2n) is 5.18. The summed E-state index contributed by atoms with van der Waals surface area (Å²) in [5.41, 5.74) is 1.68. The van der Waals surface area contributed by atoms with Crippen LogP contribution in [0.25, 0.3) is 0 Å². The Morgan fingerprint density at radius 1 is 1.25 bits per heavy atom. The summed E-state index contributed by atoms with van der Waals surface area (Å²) in [6.45, 7) is 13.2. The summed E-state index contributed by atoms with van der Waals surface area (Å²) in [6.07, 6.45) is 7.14. The van der Waals surface area contributed by atoms with Gasteiger partial charge in [0.15, 0.2) is 0 Å². The minimum Gasteiger partial charge on any atom is -0.360 e. The minimum atomic E-state index is 0.225. The number of hydrogen-bond donors (Lipinski definition) is 0. The van der Waals surface area contributed by atoms with Crippen molar-refractivity contribution in [1.82, 2.24) is 4.90 Å². The topological polar surface area (TPSA) is 15.6 Å². The average Bonchev–Trinajstić information content (AvgIpc) is 2.45. The van der Waals surface area contributed by atoms with Crippen LogP contribution in [0.15, 0.2) is 28.9 Å².